The summed E-state index contributed by atoms with van der Waals surface area (Å²) in [4.78, 5) is 25.9. The Morgan fingerprint density at radius 2 is 2.14 bits per heavy atom. The molecule has 0 unspecified atom stereocenters. The van der Waals surface area contributed by atoms with Crippen LogP contribution in [-0.4, -0.2) is 22.3 Å². The lowest BCUT2D eigenvalue weighted by Gasteiger charge is -2.09. The highest BCUT2D eigenvalue weighted by molar-refractivity contribution is 5.97. The molecule has 2 aromatic rings. The fourth-order valence-electron chi connectivity index (χ4n) is 1.84. The molecule has 0 fully saturated rings. The number of pyridine rings is 1. The van der Waals surface area contributed by atoms with Gasteiger partial charge in [0, 0.05) is 30.4 Å². The number of carbonyl (C=O) groups is 1. The van der Waals surface area contributed by atoms with Crippen molar-refractivity contribution in [2.45, 2.75) is 13.3 Å². The summed E-state index contributed by atoms with van der Waals surface area (Å²) in [6, 6.07) is 9.60. The lowest BCUT2D eigenvalue weighted by molar-refractivity contribution is -0.384. The zero-order valence-electron chi connectivity index (χ0n) is 11.5. The van der Waals surface area contributed by atoms with Gasteiger partial charge in [0.2, 0.25) is 0 Å². The molecule has 6 heteroatoms. The van der Waals surface area contributed by atoms with Gasteiger partial charge < -0.3 is 4.74 Å². The molecule has 21 heavy (non-hydrogen) atoms. The van der Waals surface area contributed by atoms with Crippen LogP contribution in [0.15, 0.2) is 42.6 Å². The summed E-state index contributed by atoms with van der Waals surface area (Å²) in [5.41, 5.74) is 0.964. The van der Waals surface area contributed by atoms with E-state index in [1.165, 1.54) is 25.1 Å². The fourth-order valence-corrected chi connectivity index (χ4v) is 1.84. The van der Waals surface area contributed by atoms with Gasteiger partial charge in [-0.2, -0.15) is 0 Å². The van der Waals surface area contributed by atoms with E-state index in [1.54, 1.807) is 6.20 Å². The second kappa shape index (κ2) is 6.60. The highest BCUT2D eigenvalue weighted by Crippen LogP contribution is 2.24. The van der Waals surface area contributed by atoms with Crippen LogP contribution in [-0.2, 0) is 6.42 Å². The molecule has 0 atom stereocenters. The van der Waals surface area contributed by atoms with Crippen LogP contribution in [0, 0.1) is 10.1 Å². The molecular formula is C15H14N2O4. The van der Waals surface area contributed by atoms with Crippen molar-refractivity contribution in [2.75, 3.05) is 6.61 Å². The van der Waals surface area contributed by atoms with Crippen molar-refractivity contribution in [3.63, 3.8) is 0 Å². The van der Waals surface area contributed by atoms with Crippen LogP contribution in [0.25, 0.3) is 0 Å². The maximum atomic E-state index is 11.6. The van der Waals surface area contributed by atoms with Crippen LogP contribution in [0.1, 0.15) is 23.0 Å². The Morgan fingerprint density at radius 3 is 2.76 bits per heavy atom. The van der Waals surface area contributed by atoms with Crippen molar-refractivity contribution in [1.82, 2.24) is 4.98 Å². The molecule has 0 saturated carbocycles. The van der Waals surface area contributed by atoms with E-state index in [-0.39, 0.29) is 17.0 Å². The van der Waals surface area contributed by atoms with Crippen LogP contribution < -0.4 is 4.74 Å². The minimum absolute atomic E-state index is 0.128. The molecule has 1 heterocycles. The minimum Gasteiger partial charge on any atom is -0.492 e. The normalized spacial score (nSPS) is 10.1. The predicted octanol–water partition coefficient (Wildman–Crippen LogP) is 2.81. The zero-order valence-corrected chi connectivity index (χ0v) is 11.5. The average molecular weight is 286 g/mol. The number of carbonyl (C=O) groups excluding carboxylic acids is 1. The van der Waals surface area contributed by atoms with E-state index in [4.69, 9.17) is 4.74 Å². The fraction of sp³-hybridized carbons (Fsp3) is 0.200. The largest absolute Gasteiger partial charge is 0.492 e. The molecule has 0 aliphatic rings. The molecule has 0 aliphatic carbocycles. The summed E-state index contributed by atoms with van der Waals surface area (Å²) in [5.74, 6) is 0.0792. The SMILES string of the molecule is CC(=O)c1cc([N+](=O)[O-])ccc1OCCc1ccccn1. The zero-order chi connectivity index (χ0) is 15.2. The van der Waals surface area contributed by atoms with E-state index >= 15 is 0 Å². The van der Waals surface area contributed by atoms with Crippen molar-refractivity contribution < 1.29 is 14.5 Å². The Kier molecular flexibility index (Phi) is 4.61. The van der Waals surface area contributed by atoms with E-state index < -0.39 is 4.92 Å². The Labute approximate surface area is 121 Å². The Morgan fingerprint density at radius 1 is 1.33 bits per heavy atom. The summed E-state index contributed by atoms with van der Waals surface area (Å²) in [5, 5.41) is 10.7. The van der Waals surface area contributed by atoms with Crippen molar-refractivity contribution in [2.24, 2.45) is 0 Å². The Bertz CT molecular complexity index is 656. The number of hydrogen-bond donors (Lipinski definition) is 0. The number of nitro benzene ring substituents is 1. The van der Waals surface area contributed by atoms with Gasteiger partial charge in [0.15, 0.2) is 5.78 Å². The molecule has 0 N–H and O–H groups in total. The Hall–Kier alpha value is -2.76. The molecule has 1 aromatic carbocycles. The van der Waals surface area contributed by atoms with Gasteiger partial charge in [-0.05, 0) is 25.1 Å². The number of ketones is 1. The first-order chi connectivity index (χ1) is 10.1. The molecule has 6 nitrogen and oxygen atoms in total. The lowest BCUT2D eigenvalue weighted by atomic mass is 10.1. The van der Waals surface area contributed by atoms with Crippen molar-refractivity contribution in [3.05, 3.63) is 64.0 Å². The summed E-state index contributed by atoms with van der Waals surface area (Å²) in [6.07, 6.45) is 2.29. The van der Waals surface area contributed by atoms with E-state index in [1.807, 2.05) is 18.2 Å². The first kappa shape index (κ1) is 14.6. The molecule has 0 radical (unpaired) electrons. The molecule has 108 valence electrons. The third-order valence-corrected chi connectivity index (χ3v) is 2.90. The predicted molar refractivity (Wildman–Crippen MR) is 76.5 cm³/mol. The van der Waals surface area contributed by atoms with Crippen LogP contribution in [0.4, 0.5) is 5.69 Å². The second-order valence-corrected chi connectivity index (χ2v) is 4.41. The lowest BCUT2D eigenvalue weighted by Crippen LogP contribution is -2.06. The number of non-ortho nitro benzene ring substituents is 1. The summed E-state index contributed by atoms with van der Waals surface area (Å²) in [6.45, 7) is 1.69. The first-order valence-corrected chi connectivity index (χ1v) is 6.40. The van der Waals surface area contributed by atoms with Gasteiger partial charge in [0.05, 0.1) is 17.1 Å². The van der Waals surface area contributed by atoms with Crippen LogP contribution in [0.2, 0.25) is 0 Å². The topological polar surface area (TPSA) is 82.3 Å². The van der Waals surface area contributed by atoms with Crippen molar-refractivity contribution in [1.29, 1.82) is 0 Å². The van der Waals surface area contributed by atoms with Gasteiger partial charge in [-0.15, -0.1) is 0 Å². The van der Waals surface area contributed by atoms with Gasteiger partial charge in [-0.25, -0.2) is 0 Å². The van der Waals surface area contributed by atoms with Gasteiger partial charge in [0.25, 0.3) is 5.69 Å². The summed E-state index contributed by atoms with van der Waals surface area (Å²) >= 11 is 0. The summed E-state index contributed by atoms with van der Waals surface area (Å²) in [7, 11) is 0. The number of nitro groups is 1. The number of nitrogens with zero attached hydrogens (tertiary/aromatic N) is 2. The maximum Gasteiger partial charge on any atom is 0.270 e. The molecule has 0 amide bonds. The molecule has 2 rings (SSSR count). The molecule has 0 saturated heterocycles. The average Bonchev–Trinajstić information content (AvgIpc) is 2.48. The maximum absolute atomic E-state index is 11.6. The number of aromatic nitrogens is 1. The molecule has 0 spiro atoms. The van der Waals surface area contributed by atoms with Crippen molar-refractivity contribution in [3.8, 4) is 5.75 Å². The Balaban J connectivity index is 2.09. The minimum atomic E-state index is -0.538. The highest BCUT2D eigenvalue weighted by atomic mass is 16.6. The second-order valence-electron chi connectivity index (χ2n) is 4.41. The van der Waals surface area contributed by atoms with Crippen LogP contribution >= 0.6 is 0 Å². The third-order valence-electron chi connectivity index (χ3n) is 2.90. The van der Waals surface area contributed by atoms with E-state index in [0.29, 0.717) is 18.8 Å². The third kappa shape index (κ3) is 3.85. The number of ether oxygens (including phenoxy) is 1. The number of rotatable bonds is 6. The smallest absolute Gasteiger partial charge is 0.270 e. The van der Waals surface area contributed by atoms with Gasteiger partial charge in [-0.1, -0.05) is 6.07 Å². The molecular weight excluding hydrogens is 272 g/mol. The monoisotopic (exact) mass is 286 g/mol. The van der Waals surface area contributed by atoms with Gasteiger partial charge >= 0.3 is 0 Å². The standard InChI is InChI=1S/C15H14N2O4/c1-11(18)14-10-13(17(19)20)5-6-15(14)21-9-7-12-4-2-3-8-16-12/h2-6,8,10H,7,9H2,1H3. The van der Waals surface area contributed by atoms with E-state index in [0.717, 1.165) is 5.69 Å². The molecule has 1 aromatic heterocycles. The first-order valence-electron chi connectivity index (χ1n) is 6.40. The van der Waals surface area contributed by atoms with E-state index in [9.17, 15) is 14.9 Å². The van der Waals surface area contributed by atoms with E-state index in [2.05, 4.69) is 4.98 Å². The quantitative estimate of drug-likeness (QED) is 0.463. The highest BCUT2D eigenvalue weighted by Gasteiger charge is 2.14. The number of Topliss-reactive ketones (excluding diaryl/α,β-unsaturated/α-hetero) is 1. The molecule has 0 bridgehead atoms. The van der Waals surface area contributed by atoms with Gasteiger partial charge in [-0.3, -0.25) is 19.9 Å². The number of hydrogen-bond acceptors (Lipinski definition) is 5. The van der Waals surface area contributed by atoms with Crippen LogP contribution in [0.3, 0.4) is 0 Å². The van der Waals surface area contributed by atoms with Crippen molar-refractivity contribution >= 4 is 11.5 Å². The molecule has 0 aliphatic heterocycles. The van der Waals surface area contributed by atoms with Crippen LogP contribution in [0.5, 0.6) is 5.75 Å². The number of benzene rings is 1. The van der Waals surface area contributed by atoms with Gasteiger partial charge in [0.1, 0.15) is 5.75 Å². The summed E-state index contributed by atoms with van der Waals surface area (Å²) < 4.78 is 5.55.